The lowest BCUT2D eigenvalue weighted by molar-refractivity contribution is 0.0614. The van der Waals surface area contributed by atoms with Crippen molar-refractivity contribution in [2.75, 3.05) is 13.1 Å². The van der Waals surface area contributed by atoms with Gasteiger partial charge < -0.3 is 0 Å². The molecule has 2 heterocycles. The van der Waals surface area contributed by atoms with E-state index in [2.05, 4.69) is 25.9 Å². The Kier molecular flexibility index (Phi) is 4.00. The molecule has 1 saturated carbocycles. The van der Waals surface area contributed by atoms with Crippen LogP contribution in [-0.2, 0) is 6.54 Å². The second-order valence-electron chi connectivity index (χ2n) is 5.92. The first-order valence-electron chi connectivity index (χ1n) is 7.70. The van der Waals surface area contributed by atoms with Gasteiger partial charge in [0.25, 0.3) is 0 Å². The van der Waals surface area contributed by atoms with E-state index in [1.54, 1.807) is 6.20 Å². The average molecular weight is 340 g/mol. The summed E-state index contributed by atoms with van der Waals surface area (Å²) in [6, 6.07) is 0. The number of hydrogen-bond acceptors (Lipinski definition) is 3. The topological polar surface area (TPSA) is 38.1 Å². The maximum atomic E-state index is 13.3. The van der Waals surface area contributed by atoms with Gasteiger partial charge in [-0.15, -0.1) is 0 Å². The fraction of sp³-hybridized carbons (Fsp3) is 0.733. The molecule has 0 bridgehead atoms. The fourth-order valence-corrected chi connectivity index (χ4v) is 4.32. The maximum Gasteiger partial charge on any atom is 0.202 e. The van der Waals surface area contributed by atoms with E-state index < -0.39 is 0 Å². The third-order valence-electron chi connectivity index (χ3n) is 4.87. The molecule has 3 rings (SSSR count). The molecule has 2 fully saturated rings. The average Bonchev–Trinajstić information content (AvgIpc) is 3.18. The summed E-state index contributed by atoms with van der Waals surface area (Å²) >= 11 is 3.52. The third-order valence-corrected chi connectivity index (χ3v) is 5.45. The Labute approximate surface area is 128 Å². The second-order valence-corrected chi connectivity index (χ2v) is 6.77. The molecular weight excluding hydrogens is 318 g/mol. The molecule has 0 atom stereocenters. The largest absolute Gasteiger partial charge is 0.291 e. The lowest BCUT2D eigenvalue weighted by atomic mass is 9.88. The number of Topliss-reactive ketones (excluding diaryl/α,β-unsaturated/α-hetero) is 1. The van der Waals surface area contributed by atoms with Crippen molar-refractivity contribution >= 4 is 21.7 Å². The van der Waals surface area contributed by atoms with Gasteiger partial charge in [0.2, 0.25) is 5.78 Å². The number of nitrogens with zero attached hydrogens (tertiary/aromatic N) is 3. The Morgan fingerprint density at radius 2 is 1.95 bits per heavy atom. The molecule has 1 aromatic heterocycles. The minimum atomic E-state index is -0.258. The van der Waals surface area contributed by atoms with Gasteiger partial charge in [-0.05, 0) is 61.6 Å². The molecule has 20 heavy (non-hydrogen) atoms. The van der Waals surface area contributed by atoms with Crippen LogP contribution in [0, 0.1) is 0 Å². The van der Waals surface area contributed by atoms with Gasteiger partial charge in [0.1, 0.15) is 5.69 Å². The molecule has 4 nitrogen and oxygen atoms in total. The van der Waals surface area contributed by atoms with Crippen LogP contribution in [0.4, 0.5) is 0 Å². The summed E-state index contributed by atoms with van der Waals surface area (Å²) in [7, 11) is 0. The molecule has 0 radical (unpaired) electrons. The van der Waals surface area contributed by atoms with Gasteiger partial charge in [-0.25, -0.2) is 0 Å². The number of halogens is 1. The quantitative estimate of drug-likeness (QED) is 0.790. The molecular formula is C15H22BrN3O. The SMILES string of the molecule is CCn1ncc(Br)c1C(=O)C1(N2CCCC2)CCCC1. The molecule has 0 spiro atoms. The van der Waals surface area contributed by atoms with E-state index in [-0.39, 0.29) is 11.3 Å². The van der Waals surface area contributed by atoms with Crippen LogP contribution < -0.4 is 0 Å². The van der Waals surface area contributed by atoms with Crippen molar-refractivity contribution in [3.63, 3.8) is 0 Å². The molecule has 1 aromatic rings. The van der Waals surface area contributed by atoms with Gasteiger partial charge in [0.05, 0.1) is 16.2 Å². The molecule has 2 aliphatic rings. The van der Waals surface area contributed by atoms with Crippen LogP contribution in [0.5, 0.6) is 0 Å². The monoisotopic (exact) mass is 339 g/mol. The highest BCUT2D eigenvalue weighted by Gasteiger charge is 2.48. The van der Waals surface area contributed by atoms with Crippen molar-refractivity contribution in [1.82, 2.24) is 14.7 Å². The molecule has 1 aliphatic heterocycles. The molecule has 110 valence electrons. The van der Waals surface area contributed by atoms with E-state index in [1.165, 1.54) is 25.7 Å². The van der Waals surface area contributed by atoms with E-state index in [0.717, 1.165) is 42.6 Å². The van der Waals surface area contributed by atoms with Crippen molar-refractivity contribution in [3.05, 3.63) is 16.4 Å². The molecule has 5 heteroatoms. The predicted octanol–water partition coefficient (Wildman–Crippen LogP) is 3.26. The number of carbonyl (C=O) groups excluding carboxylic acids is 1. The Hall–Kier alpha value is -0.680. The Bertz CT molecular complexity index is 499. The fourth-order valence-electron chi connectivity index (χ4n) is 3.84. The summed E-state index contributed by atoms with van der Waals surface area (Å²) in [5.41, 5.74) is 0.507. The minimum absolute atomic E-state index is 0.258. The normalized spacial score (nSPS) is 22.5. The number of aryl methyl sites for hydroxylation is 1. The Morgan fingerprint density at radius 3 is 2.55 bits per heavy atom. The molecule has 0 amide bonds. The van der Waals surface area contributed by atoms with Gasteiger partial charge in [-0.3, -0.25) is 14.4 Å². The molecule has 0 unspecified atom stereocenters. The van der Waals surface area contributed by atoms with Crippen LogP contribution in [0.2, 0.25) is 0 Å². The minimum Gasteiger partial charge on any atom is -0.291 e. The summed E-state index contributed by atoms with van der Waals surface area (Å²) in [5, 5.41) is 4.31. The van der Waals surface area contributed by atoms with E-state index in [4.69, 9.17) is 0 Å². The van der Waals surface area contributed by atoms with Crippen molar-refractivity contribution < 1.29 is 4.79 Å². The summed E-state index contributed by atoms with van der Waals surface area (Å²) in [6.07, 6.45) is 8.55. The summed E-state index contributed by atoms with van der Waals surface area (Å²) in [4.78, 5) is 15.7. The predicted molar refractivity (Wildman–Crippen MR) is 81.9 cm³/mol. The highest BCUT2D eigenvalue weighted by Crippen LogP contribution is 2.40. The zero-order chi connectivity index (χ0) is 14.2. The summed E-state index contributed by atoms with van der Waals surface area (Å²) in [6.45, 7) is 4.92. The smallest absolute Gasteiger partial charge is 0.202 e. The summed E-state index contributed by atoms with van der Waals surface area (Å²) < 4.78 is 2.68. The zero-order valence-corrected chi connectivity index (χ0v) is 13.7. The van der Waals surface area contributed by atoms with Gasteiger partial charge in [-0.1, -0.05) is 12.8 Å². The van der Waals surface area contributed by atoms with E-state index in [0.29, 0.717) is 0 Å². The molecule has 0 N–H and O–H groups in total. The van der Waals surface area contributed by atoms with Crippen LogP contribution in [-0.4, -0.2) is 39.1 Å². The number of rotatable bonds is 4. The summed E-state index contributed by atoms with van der Waals surface area (Å²) in [5.74, 6) is 0.281. The van der Waals surface area contributed by atoms with Crippen LogP contribution in [0.25, 0.3) is 0 Å². The highest BCUT2D eigenvalue weighted by molar-refractivity contribution is 9.10. The molecule has 0 aromatic carbocycles. The van der Waals surface area contributed by atoms with Crippen LogP contribution in [0.1, 0.15) is 55.9 Å². The first-order chi connectivity index (χ1) is 9.69. The van der Waals surface area contributed by atoms with Gasteiger partial charge >= 0.3 is 0 Å². The number of ketones is 1. The van der Waals surface area contributed by atoms with Crippen molar-refractivity contribution in [1.29, 1.82) is 0 Å². The number of aromatic nitrogens is 2. The lowest BCUT2D eigenvalue weighted by Gasteiger charge is -2.37. The molecule has 1 saturated heterocycles. The Morgan fingerprint density at radius 1 is 1.30 bits per heavy atom. The zero-order valence-electron chi connectivity index (χ0n) is 12.1. The number of carbonyl (C=O) groups is 1. The molecule has 1 aliphatic carbocycles. The van der Waals surface area contributed by atoms with E-state index in [1.807, 2.05) is 11.6 Å². The van der Waals surface area contributed by atoms with Crippen molar-refractivity contribution in [3.8, 4) is 0 Å². The third kappa shape index (κ3) is 2.15. The number of likely N-dealkylation sites (tertiary alicyclic amines) is 1. The van der Waals surface area contributed by atoms with E-state index in [9.17, 15) is 4.79 Å². The van der Waals surface area contributed by atoms with E-state index >= 15 is 0 Å². The maximum absolute atomic E-state index is 13.3. The second kappa shape index (κ2) is 5.60. The number of hydrogen-bond donors (Lipinski definition) is 0. The van der Waals surface area contributed by atoms with Crippen LogP contribution in [0.15, 0.2) is 10.7 Å². The van der Waals surface area contributed by atoms with Crippen LogP contribution >= 0.6 is 15.9 Å². The highest BCUT2D eigenvalue weighted by atomic mass is 79.9. The van der Waals surface area contributed by atoms with Crippen molar-refractivity contribution in [2.24, 2.45) is 0 Å². The lowest BCUT2D eigenvalue weighted by Crippen LogP contribution is -2.52. The Balaban J connectivity index is 1.99. The first-order valence-corrected chi connectivity index (χ1v) is 8.49. The van der Waals surface area contributed by atoms with Crippen LogP contribution in [0.3, 0.4) is 0 Å². The van der Waals surface area contributed by atoms with Crippen molar-refractivity contribution in [2.45, 2.75) is 57.5 Å². The van der Waals surface area contributed by atoms with Gasteiger partial charge in [0.15, 0.2) is 0 Å². The first kappa shape index (κ1) is 14.3. The van der Waals surface area contributed by atoms with Gasteiger partial charge in [0, 0.05) is 6.54 Å². The van der Waals surface area contributed by atoms with Gasteiger partial charge in [-0.2, -0.15) is 5.10 Å². The standard InChI is InChI=1S/C15H22BrN3O/c1-2-19-13(12(16)11-17-19)14(20)15(7-3-4-8-15)18-9-5-6-10-18/h11H,2-10H2,1H3.